The number of ether oxygens (including phenoxy) is 2. The van der Waals surface area contributed by atoms with Crippen molar-refractivity contribution in [3.8, 4) is 0 Å². The third kappa shape index (κ3) is 8.62. The fraction of sp³-hybridized carbons (Fsp3) is 0.526. The molecule has 0 aliphatic carbocycles. The van der Waals surface area contributed by atoms with Crippen LogP contribution in [0.5, 0.6) is 0 Å². The Hall–Kier alpha value is -2.26. The van der Waals surface area contributed by atoms with Crippen LogP contribution >= 0.6 is 12.6 Å². The predicted octanol–water partition coefficient (Wildman–Crippen LogP) is 1.98. The summed E-state index contributed by atoms with van der Waals surface area (Å²) in [5.41, 5.74) is 0.137. The van der Waals surface area contributed by atoms with Crippen molar-refractivity contribution >= 4 is 30.6 Å². The first-order valence-electron chi connectivity index (χ1n) is 8.82. The molecule has 0 unspecified atom stereocenters. The second kappa shape index (κ2) is 10.9. The van der Waals surface area contributed by atoms with E-state index in [0.717, 1.165) is 5.56 Å². The van der Waals surface area contributed by atoms with E-state index < -0.39 is 41.8 Å². The summed E-state index contributed by atoms with van der Waals surface area (Å²) in [4.78, 5) is 35.9. The molecule has 3 N–H and O–H groups in total. The predicted molar refractivity (Wildman–Crippen MR) is 107 cm³/mol. The molecule has 0 fully saturated rings. The second-order valence-corrected chi connectivity index (χ2v) is 7.57. The van der Waals surface area contributed by atoms with Gasteiger partial charge in [-0.25, -0.2) is 9.59 Å². The van der Waals surface area contributed by atoms with E-state index in [4.69, 9.17) is 14.6 Å². The molecule has 0 radical (unpaired) electrons. The van der Waals surface area contributed by atoms with Gasteiger partial charge in [-0.05, 0) is 33.3 Å². The highest BCUT2D eigenvalue weighted by atomic mass is 32.1. The topological polar surface area (TPSA) is 114 Å². The summed E-state index contributed by atoms with van der Waals surface area (Å²) in [6, 6.07) is 6.97. The molecule has 0 aromatic heterocycles. The molecule has 1 aromatic rings. The van der Waals surface area contributed by atoms with Crippen molar-refractivity contribution in [1.82, 2.24) is 10.6 Å². The molecule has 1 aromatic carbocycles. The van der Waals surface area contributed by atoms with Gasteiger partial charge in [0.2, 0.25) is 5.91 Å². The van der Waals surface area contributed by atoms with Crippen LogP contribution in [0.1, 0.15) is 33.3 Å². The number of rotatable bonds is 9. The number of carbonyl (C=O) groups excluding carboxylic acids is 2. The number of nitrogens with one attached hydrogen (secondary N) is 2. The number of alkyl carbamates (subject to hydrolysis) is 1. The molecule has 0 saturated carbocycles. The summed E-state index contributed by atoms with van der Waals surface area (Å²) in [5, 5.41) is 13.9. The number of carboxylic acids is 1. The number of hydrogen-bond donors (Lipinski definition) is 4. The highest BCUT2D eigenvalue weighted by Crippen LogP contribution is 2.10. The normalized spacial score (nSPS) is 14.5. The zero-order valence-electron chi connectivity index (χ0n) is 16.5. The Labute approximate surface area is 170 Å². The number of hydrogen-bond acceptors (Lipinski definition) is 6. The van der Waals surface area contributed by atoms with Gasteiger partial charge in [0, 0.05) is 5.75 Å². The first-order chi connectivity index (χ1) is 13.0. The van der Waals surface area contributed by atoms with Crippen LogP contribution in [0.25, 0.3) is 0 Å². The molecule has 0 aliphatic heterocycles. The van der Waals surface area contributed by atoms with Crippen LogP contribution in [0.3, 0.4) is 0 Å². The Morgan fingerprint density at radius 3 is 2.25 bits per heavy atom. The zero-order valence-corrected chi connectivity index (χ0v) is 17.4. The smallest absolute Gasteiger partial charge is 0.408 e. The van der Waals surface area contributed by atoms with Gasteiger partial charge < -0.3 is 25.2 Å². The minimum Gasteiger partial charge on any atom is -0.480 e. The molecule has 1 rings (SSSR count). The second-order valence-electron chi connectivity index (χ2n) is 7.21. The van der Waals surface area contributed by atoms with Crippen LogP contribution in [-0.4, -0.2) is 52.6 Å². The van der Waals surface area contributed by atoms with Crippen molar-refractivity contribution in [3.63, 3.8) is 0 Å². The Bertz CT molecular complexity index is 662. The van der Waals surface area contributed by atoms with Gasteiger partial charge in [0.05, 0.1) is 12.7 Å². The van der Waals surface area contributed by atoms with E-state index >= 15 is 0 Å². The monoisotopic (exact) mass is 412 g/mol. The summed E-state index contributed by atoms with van der Waals surface area (Å²) in [7, 11) is 0. The molecular weight excluding hydrogens is 384 g/mol. The summed E-state index contributed by atoms with van der Waals surface area (Å²) in [5.74, 6) is -2.02. The molecule has 2 amide bonds. The van der Waals surface area contributed by atoms with Crippen LogP contribution in [0, 0.1) is 0 Å². The third-order valence-corrected chi connectivity index (χ3v) is 3.94. The van der Waals surface area contributed by atoms with Gasteiger partial charge in [-0.15, -0.1) is 0 Å². The maximum atomic E-state index is 12.6. The van der Waals surface area contributed by atoms with Crippen molar-refractivity contribution < 1.29 is 29.0 Å². The van der Waals surface area contributed by atoms with Gasteiger partial charge >= 0.3 is 12.1 Å². The summed E-state index contributed by atoms with van der Waals surface area (Å²) >= 11 is 3.93. The molecule has 9 heteroatoms. The van der Waals surface area contributed by atoms with Crippen molar-refractivity contribution in [2.45, 2.75) is 58.1 Å². The van der Waals surface area contributed by atoms with Crippen LogP contribution in [-0.2, 0) is 25.7 Å². The minimum atomic E-state index is -1.22. The molecule has 0 spiro atoms. The maximum Gasteiger partial charge on any atom is 0.408 e. The largest absolute Gasteiger partial charge is 0.480 e. The van der Waals surface area contributed by atoms with E-state index in [1.807, 2.05) is 30.3 Å². The van der Waals surface area contributed by atoms with Gasteiger partial charge in [0.15, 0.2) is 0 Å². The molecule has 0 saturated heterocycles. The minimum absolute atomic E-state index is 0.0977. The quantitative estimate of drug-likeness (QED) is 0.461. The van der Waals surface area contributed by atoms with Gasteiger partial charge in [-0.3, -0.25) is 4.79 Å². The molecule has 28 heavy (non-hydrogen) atoms. The fourth-order valence-corrected chi connectivity index (χ4v) is 2.42. The zero-order chi connectivity index (χ0) is 21.3. The van der Waals surface area contributed by atoms with Gasteiger partial charge in [0.25, 0.3) is 0 Å². The Morgan fingerprint density at radius 2 is 1.75 bits per heavy atom. The molecule has 8 nitrogen and oxygen atoms in total. The first kappa shape index (κ1) is 23.8. The molecular formula is C19H28N2O6S. The van der Waals surface area contributed by atoms with Crippen molar-refractivity contribution in [2.75, 3.05) is 5.75 Å². The molecule has 0 bridgehead atoms. The van der Waals surface area contributed by atoms with E-state index in [1.165, 1.54) is 0 Å². The lowest BCUT2D eigenvalue weighted by atomic mass is 10.1. The van der Waals surface area contributed by atoms with Crippen LogP contribution < -0.4 is 10.6 Å². The third-order valence-electron chi connectivity index (χ3n) is 3.58. The average molecular weight is 413 g/mol. The van der Waals surface area contributed by atoms with Gasteiger partial charge in [-0.1, -0.05) is 30.3 Å². The maximum absolute atomic E-state index is 12.6. The lowest BCUT2D eigenvalue weighted by Gasteiger charge is -2.27. The Morgan fingerprint density at radius 1 is 1.14 bits per heavy atom. The van der Waals surface area contributed by atoms with Crippen LogP contribution in [0.15, 0.2) is 30.3 Å². The first-order valence-corrected chi connectivity index (χ1v) is 9.46. The lowest BCUT2D eigenvalue weighted by Crippen LogP contribution is -2.57. The van der Waals surface area contributed by atoms with Crippen molar-refractivity contribution in [1.29, 1.82) is 0 Å². The molecule has 156 valence electrons. The number of benzene rings is 1. The van der Waals surface area contributed by atoms with Crippen LogP contribution in [0.2, 0.25) is 0 Å². The molecule has 0 heterocycles. The average Bonchev–Trinajstić information content (AvgIpc) is 2.61. The number of thiol groups is 1. The van der Waals surface area contributed by atoms with Gasteiger partial charge in [0.1, 0.15) is 17.7 Å². The fourth-order valence-electron chi connectivity index (χ4n) is 2.18. The van der Waals surface area contributed by atoms with E-state index in [-0.39, 0.29) is 12.4 Å². The van der Waals surface area contributed by atoms with E-state index in [9.17, 15) is 14.4 Å². The standard InChI is InChI=1S/C19H28N2O6S/c1-12(26-10-13-8-6-5-7-9-13)15(21-18(25)27-19(2,3)4)16(22)20-14(11-28)17(23)24/h5-9,12,14-15,28H,10-11H2,1-4H3,(H,20,22)(H,21,25)(H,23,24)/t12-,14+,15+/m1/s1. The molecule has 0 aliphatic rings. The number of carbonyl (C=O) groups is 3. The number of amides is 2. The summed E-state index contributed by atoms with van der Waals surface area (Å²) in [6.07, 6.45) is -1.55. The highest BCUT2D eigenvalue weighted by molar-refractivity contribution is 7.80. The Kier molecular flexibility index (Phi) is 9.27. The van der Waals surface area contributed by atoms with Crippen LogP contribution in [0.4, 0.5) is 4.79 Å². The van der Waals surface area contributed by atoms with Crippen molar-refractivity contribution in [3.05, 3.63) is 35.9 Å². The number of carboxylic acid groups (broad SMARTS) is 1. The van der Waals surface area contributed by atoms with Crippen molar-refractivity contribution in [2.24, 2.45) is 0 Å². The SMILES string of the molecule is C[C@@H](OCc1ccccc1)[C@H](NC(=O)OC(C)(C)C)C(=O)N[C@@H](CS)C(=O)O. The summed E-state index contributed by atoms with van der Waals surface area (Å²) < 4.78 is 10.9. The molecule has 3 atom stereocenters. The lowest BCUT2D eigenvalue weighted by molar-refractivity contribution is -0.142. The summed E-state index contributed by atoms with van der Waals surface area (Å²) in [6.45, 7) is 6.91. The van der Waals surface area contributed by atoms with E-state index in [2.05, 4.69) is 23.3 Å². The number of aliphatic carboxylic acids is 1. The highest BCUT2D eigenvalue weighted by Gasteiger charge is 2.32. The van der Waals surface area contributed by atoms with E-state index in [1.54, 1.807) is 27.7 Å². The Balaban J connectivity index is 2.87. The van der Waals surface area contributed by atoms with E-state index in [0.29, 0.717) is 0 Å². The van der Waals surface area contributed by atoms with Gasteiger partial charge in [-0.2, -0.15) is 12.6 Å².